The second kappa shape index (κ2) is 10.7. The Kier molecular flexibility index (Phi) is 7.70. The van der Waals surface area contributed by atoms with E-state index >= 15 is 0 Å². The maximum atomic E-state index is 9.76. The molecule has 2 heterocycles. The summed E-state index contributed by atoms with van der Waals surface area (Å²) in [7, 11) is 0. The van der Waals surface area contributed by atoms with Crippen molar-refractivity contribution in [1.29, 1.82) is 0 Å². The van der Waals surface area contributed by atoms with E-state index in [9.17, 15) is 5.11 Å². The fourth-order valence-electron chi connectivity index (χ4n) is 3.33. The third kappa shape index (κ3) is 6.25. The Bertz CT molecular complexity index is 758. The molecule has 3 N–H and O–H groups in total. The second-order valence-electron chi connectivity index (χ2n) is 7.04. The van der Waals surface area contributed by atoms with Crippen LogP contribution in [-0.4, -0.2) is 48.2 Å². The van der Waals surface area contributed by atoms with Gasteiger partial charge in [0.1, 0.15) is 5.76 Å². The molecule has 1 aliphatic rings. The summed E-state index contributed by atoms with van der Waals surface area (Å²) in [6.07, 6.45) is 4.97. The molecule has 1 aliphatic heterocycles. The Balaban J connectivity index is 1.59. The smallest absolute Gasteiger partial charge is 0.191 e. The molecular weight excluding hydrogens is 352 g/mol. The van der Waals surface area contributed by atoms with Crippen LogP contribution in [0.4, 0.5) is 0 Å². The van der Waals surface area contributed by atoms with Gasteiger partial charge in [-0.2, -0.15) is 0 Å². The van der Waals surface area contributed by atoms with Crippen LogP contribution in [-0.2, 0) is 19.5 Å². The number of aliphatic imine (C=N–C) groups is 1. The number of hydrogen-bond donors (Lipinski definition) is 3. The molecule has 0 spiro atoms. The Morgan fingerprint density at radius 1 is 1.25 bits per heavy atom. The molecule has 0 amide bonds. The predicted molar refractivity (Wildman–Crippen MR) is 112 cm³/mol. The summed E-state index contributed by atoms with van der Waals surface area (Å²) in [6, 6.07) is 12.3. The number of nitrogens with zero attached hydrogens (tertiary/aromatic N) is 2. The highest BCUT2D eigenvalue weighted by atomic mass is 16.3. The minimum atomic E-state index is -0.196. The lowest BCUT2D eigenvalue weighted by Gasteiger charge is -2.17. The molecule has 1 unspecified atom stereocenters. The van der Waals surface area contributed by atoms with Crippen molar-refractivity contribution in [3.05, 3.63) is 72.2 Å². The number of hydrogen-bond acceptors (Lipinski definition) is 4. The van der Waals surface area contributed by atoms with Gasteiger partial charge in [0.2, 0.25) is 0 Å². The first-order chi connectivity index (χ1) is 13.7. The highest BCUT2D eigenvalue weighted by Gasteiger charge is 2.20. The zero-order valence-electron chi connectivity index (χ0n) is 16.3. The molecule has 3 rings (SSSR count). The predicted octanol–water partition coefficient (Wildman–Crippen LogP) is 2.31. The number of rotatable bonds is 9. The van der Waals surface area contributed by atoms with Crippen molar-refractivity contribution in [2.75, 3.05) is 26.2 Å². The van der Waals surface area contributed by atoms with E-state index in [4.69, 9.17) is 9.41 Å². The minimum absolute atomic E-state index is 0.196. The third-order valence-corrected chi connectivity index (χ3v) is 4.83. The maximum Gasteiger partial charge on any atom is 0.191 e. The van der Waals surface area contributed by atoms with Gasteiger partial charge >= 0.3 is 0 Å². The first-order valence-corrected chi connectivity index (χ1v) is 9.87. The molecule has 0 aliphatic carbocycles. The highest BCUT2D eigenvalue weighted by Crippen LogP contribution is 2.17. The largest absolute Gasteiger partial charge is 0.469 e. The molecule has 6 nitrogen and oxygen atoms in total. The van der Waals surface area contributed by atoms with Crippen LogP contribution in [0.25, 0.3) is 0 Å². The summed E-state index contributed by atoms with van der Waals surface area (Å²) >= 11 is 0. The number of guanidine groups is 1. The summed E-state index contributed by atoms with van der Waals surface area (Å²) < 4.78 is 5.37. The molecule has 0 bridgehead atoms. The first-order valence-electron chi connectivity index (χ1n) is 9.87. The number of β-amino-alcohol motifs (C(OH)–C–C–N with tert-alkyl or cyclic N) is 1. The fourth-order valence-corrected chi connectivity index (χ4v) is 3.33. The normalized spacial score (nSPS) is 17.6. The fraction of sp³-hybridized carbons (Fsp3) is 0.409. The Labute approximate surface area is 167 Å². The third-order valence-electron chi connectivity index (χ3n) is 4.83. The Hall–Kier alpha value is -2.57. The average Bonchev–Trinajstić information content (AvgIpc) is 3.36. The Morgan fingerprint density at radius 2 is 2.11 bits per heavy atom. The van der Waals surface area contributed by atoms with Crippen LogP contribution in [0.3, 0.4) is 0 Å². The van der Waals surface area contributed by atoms with E-state index < -0.39 is 0 Å². The van der Waals surface area contributed by atoms with Crippen molar-refractivity contribution in [2.45, 2.75) is 32.0 Å². The van der Waals surface area contributed by atoms with Crippen LogP contribution in [0.5, 0.6) is 0 Å². The van der Waals surface area contributed by atoms with Gasteiger partial charge in [-0.25, -0.2) is 4.99 Å². The van der Waals surface area contributed by atoms with Crippen LogP contribution in [0.2, 0.25) is 0 Å². The Morgan fingerprint density at radius 3 is 2.82 bits per heavy atom. The van der Waals surface area contributed by atoms with Gasteiger partial charge in [0, 0.05) is 39.1 Å². The van der Waals surface area contributed by atoms with Crippen molar-refractivity contribution >= 4 is 5.96 Å². The SMILES string of the molecule is C=CCNC(=NCc1ccccc1CN1CCC(O)C1)NCCc1ccco1. The molecule has 1 aromatic carbocycles. The molecule has 1 saturated heterocycles. The van der Waals surface area contributed by atoms with Crippen LogP contribution in [0, 0.1) is 0 Å². The van der Waals surface area contributed by atoms with E-state index in [-0.39, 0.29) is 6.10 Å². The van der Waals surface area contributed by atoms with Gasteiger partial charge in [-0.1, -0.05) is 30.3 Å². The van der Waals surface area contributed by atoms with E-state index in [1.165, 1.54) is 11.1 Å². The van der Waals surface area contributed by atoms with Gasteiger partial charge in [0.05, 0.1) is 18.9 Å². The molecule has 28 heavy (non-hydrogen) atoms. The van der Waals surface area contributed by atoms with Gasteiger partial charge in [0.25, 0.3) is 0 Å². The molecule has 150 valence electrons. The van der Waals surface area contributed by atoms with Crippen molar-refractivity contribution < 1.29 is 9.52 Å². The summed E-state index contributed by atoms with van der Waals surface area (Å²) in [6.45, 7) is 8.30. The molecule has 0 radical (unpaired) electrons. The van der Waals surface area contributed by atoms with Gasteiger partial charge in [-0.05, 0) is 29.7 Å². The summed E-state index contributed by atoms with van der Waals surface area (Å²) in [5.74, 6) is 1.71. The van der Waals surface area contributed by atoms with Crippen molar-refractivity contribution in [1.82, 2.24) is 15.5 Å². The highest BCUT2D eigenvalue weighted by molar-refractivity contribution is 5.79. The van der Waals surface area contributed by atoms with Gasteiger partial charge in [-0.15, -0.1) is 6.58 Å². The zero-order valence-corrected chi connectivity index (χ0v) is 16.3. The van der Waals surface area contributed by atoms with Crippen molar-refractivity contribution in [3.8, 4) is 0 Å². The van der Waals surface area contributed by atoms with E-state index in [1.54, 1.807) is 6.26 Å². The summed E-state index contributed by atoms with van der Waals surface area (Å²) in [4.78, 5) is 7.05. The summed E-state index contributed by atoms with van der Waals surface area (Å²) in [5.41, 5.74) is 2.47. The van der Waals surface area contributed by atoms with Gasteiger partial charge in [0.15, 0.2) is 5.96 Å². The van der Waals surface area contributed by atoms with E-state index in [2.05, 4.69) is 40.3 Å². The molecule has 6 heteroatoms. The zero-order chi connectivity index (χ0) is 19.6. The maximum absolute atomic E-state index is 9.76. The number of furan rings is 1. The number of nitrogens with one attached hydrogen (secondary N) is 2. The van der Waals surface area contributed by atoms with E-state index in [0.717, 1.165) is 50.7 Å². The van der Waals surface area contributed by atoms with E-state index in [1.807, 2.05) is 24.3 Å². The molecular formula is C22H30N4O2. The number of likely N-dealkylation sites (tertiary alicyclic amines) is 1. The number of benzene rings is 1. The minimum Gasteiger partial charge on any atom is -0.469 e. The van der Waals surface area contributed by atoms with Crippen LogP contribution in [0.15, 0.2) is 64.7 Å². The van der Waals surface area contributed by atoms with Crippen LogP contribution < -0.4 is 10.6 Å². The molecule has 0 saturated carbocycles. The van der Waals surface area contributed by atoms with E-state index in [0.29, 0.717) is 13.1 Å². The van der Waals surface area contributed by atoms with Crippen LogP contribution >= 0.6 is 0 Å². The van der Waals surface area contributed by atoms with Crippen molar-refractivity contribution in [3.63, 3.8) is 0 Å². The van der Waals surface area contributed by atoms with Crippen molar-refractivity contribution in [2.24, 2.45) is 4.99 Å². The lowest BCUT2D eigenvalue weighted by molar-refractivity contribution is 0.174. The second-order valence-corrected chi connectivity index (χ2v) is 7.04. The lowest BCUT2D eigenvalue weighted by Crippen LogP contribution is -2.38. The molecule has 2 aromatic rings. The molecule has 1 aromatic heterocycles. The number of aliphatic hydroxyl groups excluding tert-OH is 1. The summed E-state index contributed by atoms with van der Waals surface area (Å²) in [5, 5.41) is 16.4. The molecule has 1 atom stereocenters. The first kappa shape index (κ1) is 20.2. The topological polar surface area (TPSA) is 73.0 Å². The monoisotopic (exact) mass is 382 g/mol. The van der Waals surface area contributed by atoms with Gasteiger partial charge in [-0.3, -0.25) is 4.90 Å². The standard InChI is InChI=1S/C22H30N4O2/c1-2-11-23-22(24-12-9-21-8-5-14-28-21)25-15-18-6-3-4-7-19(18)16-26-13-10-20(27)17-26/h2-8,14,20,27H,1,9-13,15-17H2,(H2,23,24,25). The lowest BCUT2D eigenvalue weighted by atomic mass is 10.1. The quantitative estimate of drug-likeness (QED) is 0.353. The molecule has 1 fully saturated rings. The number of aliphatic hydroxyl groups is 1. The van der Waals surface area contributed by atoms with Crippen LogP contribution in [0.1, 0.15) is 23.3 Å². The van der Waals surface area contributed by atoms with Gasteiger partial charge < -0.3 is 20.2 Å². The average molecular weight is 383 g/mol.